The molecule has 0 unspecified atom stereocenters. The highest BCUT2D eigenvalue weighted by Gasteiger charge is 2.41. The van der Waals surface area contributed by atoms with E-state index in [1.54, 1.807) is 18.6 Å². The third kappa shape index (κ3) is 3.53. The number of hydrogen-bond donors (Lipinski definition) is 2. The zero-order chi connectivity index (χ0) is 22.5. The molecule has 3 heterocycles. The van der Waals surface area contributed by atoms with Crippen molar-refractivity contribution in [3.63, 3.8) is 0 Å². The van der Waals surface area contributed by atoms with E-state index < -0.39 is 11.6 Å². The molecule has 0 spiro atoms. The number of fused-ring (bicyclic) bond motifs is 4. The lowest BCUT2D eigenvalue weighted by Gasteiger charge is -2.47. The molecule has 3 aliphatic rings. The first-order chi connectivity index (χ1) is 16.1. The van der Waals surface area contributed by atoms with Gasteiger partial charge in [-0.15, -0.1) is 0 Å². The van der Waals surface area contributed by atoms with Gasteiger partial charge in [-0.25, -0.2) is 28.7 Å². The van der Waals surface area contributed by atoms with Crippen molar-refractivity contribution in [3.05, 3.63) is 54.8 Å². The van der Waals surface area contributed by atoms with Crippen molar-refractivity contribution < 1.29 is 8.78 Å². The summed E-state index contributed by atoms with van der Waals surface area (Å²) in [4.78, 5) is 20.7. The molecule has 2 bridgehead atoms. The van der Waals surface area contributed by atoms with Crippen LogP contribution in [0.1, 0.15) is 32.6 Å². The van der Waals surface area contributed by atoms with Crippen LogP contribution in [-0.2, 0) is 0 Å². The molecule has 7 rings (SSSR count). The number of benzene rings is 1. The third-order valence-electron chi connectivity index (χ3n) is 7.48. The summed E-state index contributed by atoms with van der Waals surface area (Å²) in [6, 6.07) is 4.43. The molecular weight excluding hydrogens is 422 g/mol. The Kier molecular flexibility index (Phi) is 4.81. The van der Waals surface area contributed by atoms with Crippen molar-refractivity contribution >= 4 is 16.7 Å². The summed E-state index contributed by atoms with van der Waals surface area (Å²) in [5, 5.41) is 4.10. The number of aromatic amines is 1. The van der Waals surface area contributed by atoms with Crippen molar-refractivity contribution in [2.45, 2.75) is 38.6 Å². The number of nitrogens with zero attached hydrogens (tertiary/aromatic N) is 4. The van der Waals surface area contributed by atoms with Gasteiger partial charge in [0.1, 0.15) is 23.8 Å². The zero-order valence-corrected chi connectivity index (χ0v) is 18.2. The predicted octanol–water partition coefficient (Wildman–Crippen LogP) is 5.60. The molecule has 8 heteroatoms. The molecule has 0 saturated heterocycles. The van der Waals surface area contributed by atoms with Gasteiger partial charge in [0.2, 0.25) is 0 Å². The van der Waals surface area contributed by atoms with E-state index in [9.17, 15) is 8.78 Å². The van der Waals surface area contributed by atoms with Gasteiger partial charge in [0.25, 0.3) is 0 Å². The Labute approximate surface area is 189 Å². The van der Waals surface area contributed by atoms with Gasteiger partial charge < -0.3 is 10.3 Å². The number of hydrogen-bond acceptors (Lipinski definition) is 5. The van der Waals surface area contributed by atoms with E-state index in [-0.39, 0.29) is 5.52 Å². The number of nitrogens with one attached hydrogen (secondary N) is 2. The molecule has 0 radical (unpaired) electrons. The minimum atomic E-state index is -0.644. The minimum Gasteiger partial charge on any atom is -0.367 e. The molecule has 6 nitrogen and oxygen atoms in total. The molecule has 2 atom stereocenters. The smallest absolute Gasteiger partial charge is 0.164 e. The van der Waals surface area contributed by atoms with Gasteiger partial charge in [-0.3, -0.25) is 0 Å². The summed E-state index contributed by atoms with van der Waals surface area (Å²) in [5.41, 5.74) is 2.18. The standard InChI is InChI=1S/C25H24F2N6/c1-13-14-2-4-15(5-3-14)23(13)32-22-8-21(16-9-28-12-29-10-16)31-25(33-22)19-11-30-24-18(19)6-17(26)7-20(24)27/h6-15,23,30H,2-5H2,1H3,(H,31,32,33)/t13-,14?,15?,23+/m1/s1. The molecule has 2 N–H and O–H groups in total. The van der Waals surface area contributed by atoms with Crippen LogP contribution in [0.4, 0.5) is 14.6 Å². The van der Waals surface area contributed by atoms with Gasteiger partial charge in [-0.1, -0.05) is 6.92 Å². The molecule has 3 aliphatic carbocycles. The summed E-state index contributed by atoms with van der Waals surface area (Å²) in [7, 11) is 0. The van der Waals surface area contributed by atoms with Crippen molar-refractivity contribution in [1.29, 1.82) is 0 Å². The number of anilines is 1. The van der Waals surface area contributed by atoms with Gasteiger partial charge in [0, 0.05) is 53.3 Å². The maximum absolute atomic E-state index is 14.3. The molecule has 33 heavy (non-hydrogen) atoms. The highest BCUT2D eigenvalue weighted by molar-refractivity contribution is 5.94. The van der Waals surface area contributed by atoms with Gasteiger partial charge in [-0.05, 0) is 49.5 Å². The normalized spacial score (nSPS) is 24.3. The van der Waals surface area contributed by atoms with E-state index in [2.05, 4.69) is 27.2 Å². The molecule has 3 fully saturated rings. The Morgan fingerprint density at radius 1 is 0.970 bits per heavy atom. The van der Waals surface area contributed by atoms with Gasteiger partial charge in [0.05, 0.1) is 11.2 Å². The summed E-state index contributed by atoms with van der Waals surface area (Å²) in [5.74, 6) is 1.75. The zero-order valence-electron chi connectivity index (χ0n) is 18.2. The molecule has 168 valence electrons. The fourth-order valence-corrected chi connectivity index (χ4v) is 5.73. The average molecular weight is 447 g/mol. The fourth-order valence-electron chi connectivity index (χ4n) is 5.73. The van der Waals surface area contributed by atoms with E-state index in [0.717, 1.165) is 17.5 Å². The first-order valence-corrected chi connectivity index (χ1v) is 11.4. The van der Waals surface area contributed by atoms with Crippen LogP contribution in [0.5, 0.6) is 0 Å². The topological polar surface area (TPSA) is 79.4 Å². The quantitative estimate of drug-likeness (QED) is 0.427. The summed E-state index contributed by atoms with van der Waals surface area (Å²) < 4.78 is 28.3. The average Bonchev–Trinajstić information content (AvgIpc) is 3.26. The number of rotatable bonds is 4. The minimum absolute atomic E-state index is 0.233. The van der Waals surface area contributed by atoms with Crippen LogP contribution in [0.25, 0.3) is 33.5 Å². The molecular formula is C25H24F2N6. The lowest BCUT2D eigenvalue weighted by molar-refractivity contribution is 0.0928. The SMILES string of the molecule is C[C@@H]1C2CCC(CC2)[C@H]1Nc1cc(-c2cncnc2)nc(-c2c[nH]c3c(F)cc(F)cc23)n1. The number of H-pyrrole nitrogens is 1. The van der Waals surface area contributed by atoms with E-state index in [0.29, 0.717) is 46.2 Å². The van der Waals surface area contributed by atoms with E-state index >= 15 is 0 Å². The van der Waals surface area contributed by atoms with Crippen molar-refractivity contribution in [2.75, 3.05) is 5.32 Å². The maximum Gasteiger partial charge on any atom is 0.164 e. The van der Waals surface area contributed by atoms with E-state index in [1.807, 2.05) is 6.07 Å². The van der Waals surface area contributed by atoms with Crippen LogP contribution in [0.2, 0.25) is 0 Å². The Bertz CT molecular complexity index is 1310. The number of aromatic nitrogens is 5. The van der Waals surface area contributed by atoms with Crippen LogP contribution in [0, 0.1) is 29.4 Å². The molecule has 1 aromatic carbocycles. The van der Waals surface area contributed by atoms with Crippen LogP contribution >= 0.6 is 0 Å². The second-order valence-corrected chi connectivity index (χ2v) is 9.31. The van der Waals surface area contributed by atoms with Crippen molar-refractivity contribution in [3.8, 4) is 22.6 Å². The van der Waals surface area contributed by atoms with E-state index in [1.165, 1.54) is 38.1 Å². The van der Waals surface area contributed by atoms with Crippen LogP contribution in [-0.4, -0.2) is 31.0 Å². The molecule has 4 aromatic rings. The molecule has 0 amide bonds. The Hall–Kier alpha value is -3.42. The van der Waals surface area contributed by atoms with Gasteiger partial charge in [-0.2, -0.15) is 0 Å². The summed E-state index contributed by atoms with van der Waals surface area (Å²) in [6.45, 7) is 2.33. The Balaban J connectivity index is 1.46. The van der Waals surface area contributed by atoms with Crippen molar-refractivity contribution in [1.82, 2.24) is 24.9 Å². The van der Waals surface area contributed by atoms with Crippen LogP contribution in [0.3, 0.4) is 0 Å². The lowest BCUT2D eigenvalue weighted by Crippen LogP contribution is -2.47. The fraction of sp³-hybridized carbons (Fsp3) is 0.360. The van der Waals surface area contributed by atoms with Gasteiger partial charge >= 0.3 is 0 Å². The molecule has 0 aliphatic heterocycles. The second-order valence-electron chi connectivity index (χ2n) is 9.31. The lowest BCUT2D eigenvalue weighted by atomic mass is 9.62. The van der Waals surface area contributed by atoms with Crippen molar-refractivity contribution in [2.24, 2.45) is 17.8 Å². The Morgan fingerprint density at radius 2 is 1.73 bits per heavy atom. The highest BCUT2D eigenvalue weighted by Crippen LogP contribution is 2.46. The summed E-state index contributed by atoms with van der Waals surface area (Å²) >= 11 is 0. The predicted molar refractivity (Wildman–Crippen MR) is 122 cm³/mol. The maximum atomic E-state index is 14.3. The van der Waals surface area contributed by atoms with E-state index in [4.69, 9.17) is 9.97 Å². The highest BCUT2D eigenvalue weighted by atomic mass is 19.1. The first-order valence-electron chi connectivity index (χ1n) is 11.4. The second kappa shape index (κ2) is 7.86. The number of halogens is 2. The largest absolute Gasteiger partial charge is 0.367 e. The molecule has 3 saturated carbocycles. The first kappa shape index (κ1) is 20.2. The van der Waals surface area contributed by atoms with Crippen LogP contribution in [0.15, 0.2) is 43.1 Å². The van der Waals surface area contributed by atoms with Gasteiger partial charge in [0.15, 0.2) is 5.82 Å². The molecule has 3 aromatic heterocycles. The third-order valence-corrected chi connectivity index (χ3v) is 7.48. The Morgan fingerprint density at radius 3 is 2.48 bits per heavy atom. The monoisotopic (exact) mass is 446 g/mol. The van der Waals surface area contributed by atoms with Crippen LogP contribution < -0.4 is 5.32 Å². The summed E-state index contributed by atoms with van der Waals surface area (Å²) in [6.07, 6.45) is 11.6.